The van der Waals surface area contributed by atoms with Gasteiger partial charge in [0.25, 0.3) is 5.91 Å². The fourth-order valence-electron chi connectivity index (χ4n) is 2.30. The van der Waals surface area contributed by atoms with E-state index >= 15 is 0 Å². The summed E-state index contributed by atoms with van der Waals surface area (Å²) in [5.41, 5.74) is 7.78. The average Bonchev–Trinajstić information content (AvgIpc) is 2.46. The van der Waals surface area contributed by atoms with E-state index in [9.17, 15) is 4.79 Å². The maximum absolute atomic E-state index is 12.7. The van der Waals surface area contributed by atoms with Gasteiger partial charge in [0.15, 0.2) is 0 Å². The van der Waals surface area contributed by atoms with Crippen LogP contribution in [-0.4, -0.2) is 30.4 Å². The highest BCUT2D eigenvalue weighted by molar-refractivity contribution is 5.94. The molecule has 1 aromatic rings. The number of nitrogens with two attached hydrogens (primary N) is 1. The Balaban J connectivity index is 2.89. The van der Waals surface area contributed by atoms with Gasteiger partial charge in [-0.3, -0.25) is 4.79 Å². The van der Waals surface area contributed by atoms with E-state index in [4.69, 9.17) is 5.73 Å². The zero-order chi connectivity index (χ0) is 16.0. The Hall–Kier alpha value is -1.35. The van der Waals surface area contributed by atoms with Crippen LogP contribution in [0.25, 0.3) is 0 Å². The van der Waals surface area contributed by atoms with Gasteiger partial charge in [-0.05, 0) is 42.0 Å². The predicted molar refractivity (Wildman–Crippen MR) is 89.6 cm³/mol. The Labute approximate surface area is 129 Å². The zero-order valence-electron chi connectivity index (χ0n) is 14.1. The topological polar surface area (TPSA) is 46.3 Å². The number of amides is 1. The van der Waals surface area contributed by atoms with Gasteiger partial charge in [0, 0.05) is 18.7 Å². The molecular weight excluding hydrogens is 260 g/mol. The summed E-state index contributed by atoms with van der Waals surface area (Å²) in [4.78, 5) is 14.6. The second-order valence-electron chi connectivity index (χ2n) is 6.87. The molecule has 3 heteroatoms. The standard InChI is InChI=1S/C18H30N2O/c1-6-11-20(13-18(4,5)12-19)17(21)16-9-7-15(8-10-16)14(2)3/h7-10,14H,6,11-13,19H2,1-5H3. The van der Waals surface area contributed by atoms with E-state index in [1.54, 1.807) is 0 Å². The van der Waals surface area contributed by atoms with Gasteiger partial charge in [0.1, 0.15) is 0 Å². The Kier molecular flexibility index (Phi) is 6.41. The largest absolute Gasteiger partial charge is 0.338 e. The number of hydrogen-bond acceptors (Lipinski definition) is 2. The second-order valence-corrected chi connectivity index (χ2v) is 6.87. The van der Waals surface area contributed by atoms with E-state index in [1.807, 2.05) is 17.0 Å². The van der Waals surface area contributed by atoms with Crippen LogP contribution in [0.5, 0.6) is 0 Å². The molecule has 0 unspecified atom stereocenters. The Bertz CT molecular complexity index is 449. The third-order valence-corrected chi connectivity index (χ3v) is 3.78. The minimum Gasteiger partial charge on any atom is -0.338 e. The summed E-state index contributed by atoms with van der Waals surface area (Å²) >= 11 is 0. The summed E-state index contributed by atoms with van der Waals surface area (Å²) in [7, 11) is 0. The van der Waals surface area contributed by atoms with E-state index in [2.05, 4.69) is 46.8 Å². The van der Waals surface area contributed by atoms with Gasteiger partial charge in [-0.2, -0.15) is 0 Å². The van der Waals surface area contributed by atoms with E-state index in [1.165, 1.54) is 5.56 Å². The number of nitrogens with zero attached hydrogens (tertiary/aromatic N) is 1. The third-order valence-electron chi connectivity index (χ3n) is 3.78. The molecule has 21 heavy (non-hydrogen) atoms. The number of carbonyl (C=O) groups is 1. The maximum atomic E-state index is 12.7. The van der Waals surface area contributed by atoms with Crippen LogP contribution >= 0.6 is 0 Å². The molecular formula is C18H30N2O. The van der Waals surface area contributed by atoms with Crippen molar-refractivity contribution in [3.05, 3.63) is 35.4 Å². The lowest BCUT2D eigenvalue weighted by Gasteiger charge is -2.32. The van der Waals surface area contributed by atoms with Crippen molar-refractivity contribution in [2.24, 2.45) is 11.1 Å². The molecule has 0 aliphatic carbocycles. The number of benzene rings is 1. The Morgan fingerprint density at radius 1 is 1.24 bits per heavy atom. The van der Waals surface area contributed by atoms with Gasteiger partial charge in [0.2, 0.25) is 0 Å². The third kappa shape index (κ3) is 5.16. The molecule has 0 saturated carbocycles. The molecule has 0 aliphatic heterocycles. The summed E-state index contributed by atoms with van der Waals surface area (Å²) in [5, 5.41) is 0. The van der Waals surface area contributed by atoms with Crippen LogP contribution in [0.2, 0.25) is 0 Å². The van der Waals surface area contributed by atoms with Gasteiger partial charge in [-0.1, -0.05) is 46.8 Å². The predicted octanol–water partition coefficient (Wildman–Crippen LogP) is 3.65. The highest BCUT2D eigenvalue weighted by Crippen LogP contribution is 2.19. The van der Waals surface area contributed by atoms with Crippen LogP contribution in [0.4, 0.5) is 0 Å². The van der Waals surface area contributed by atoms with E-state index in [-0.39, 0.29) is 11.3 Å². The monoisotopic (exact) mass is 290 g/mol. The molecule has 1 amide bonds. The minimum atomic E-state index is -0.0529. The van der Waals surface area contributed by atoms with Gasteiger partial charge >= 0.3 is 0 Å². The first-order valence-corrected chi connectivity index (χ1v) is 7.90. The Morgan fingerprint density at radius 2 is 1.81 bits per heavy atom. The minimum absolute atomic E-state index is 0.0529. The molecule has 118 valence electrons. The van der Waals surface area contributed by atoms with Crippen molar-refractivity contribution in [2.75, 3.05) is 19.6 Å². The molecule has 0 radical (unpaired) electrons. The molecule has 0 spiro atoms. The molecule has 0 fully saturated rings. The van der Waals surface area contributed by atoms with Crippen molar-refractivity contribution in [1.29, 1.82) is 0 Å². The highest BCUT2D eigenvalue weighted by atomic mass is 16.2. The van der Waals surface area contributed by atoms with Crippen LogP contribution in [0.1, 0.15) is 62.9 Å². The van der Waals surface area contributed by atoms with E-state index < -0.39 is 0 Å². The molecule has 0 atom stereocenters. The summed E-state index contributed by atoms with van der Waals surface area (Å²) < 4.78 is 0. The van der Waals surface area contributed by atoms with Gasteiger partial charge in [-0.25, -0.2) is 0 Å². The molecule has 2 N–H and O–H groups in total. The molecule has 0 aliphatic rings. The fourth-order valence-corrected chi connectivity index (χ4v) is 2.30. The van der Waals surface area contributed by atoms with Crippen LogP contribution in [0.3, 0.4) is 0 Å². The van der Waals surface area contributed by atoms with Crippen molar-refractivity contribution >= 4 is 5.91 Å². The normalized spacial score (nSPS) is 11.8. The van der Waals surface area contributed by atoms with Gasteiger partial charge in [-0.15, -0.1) is 0 Å². The molecule has 1 aromatic carbocycles. The molecule has 0 heterocycles. The number of carbonyl (C=O) groups excluding carboxylic acids is 1. The number of hydrogen-bond donors (Lipinski definition) is 1. The first-order valence-electron chi connectivity index (χ1n) is 7.90. The lowest BCUT2D eigenvalue weighted by Crippen LogP contribution is -2.42. The lowest BCUT2D eigenvalue weighted by molar-refractivity contribution is 0.0689. The Morgan fingerprint density at radius 3 is 2.24 bits per heavy atom. The summed E-state index contributed by atoms with van der Waals surface area (Å²) in [6.45, 7) is 12.7. The summed E-state index contributed by atoms with van der Waals surface area (Å²) in [5.74, 6) is 0.589. The van der Waals surface area contributed by atoms with Gasteiger partial charge in [0.05, 0.1) is 0 Å². The lowest BCUT2D eigenvalue weighted by atomic mass is 9.92. The molecule has 0 saturated heterocycles. The molecule has 0 aromatic heterocycles. The van der Waals surface area contributed by atoms with Crippen LogP contribution in [0, 0.1) is 5.41 Å². The van der Waals surface area contributed by atoms with Gasteiger partial charge < -0.3 is 10.6 Å². The van der Waals surface area contributed by atoms with Crippen LogP contribution in [0.15, 0.2) is 24.3 Å². The average molecular weight is 290 g/mol. The second kappa shape index (κ2) is 7.60. The summed E-state index contributed by atoms with van der Waals surface area (Å²) in [6.07, 6.45) is 0.955. The summed E-state index contributed by atoms with van der Waals surface area (Å²) in [6, 6.07) is 7.98. The molecule has 1 rings (SSSR count). The molecule has 0 bridgehead atoms. The van der Waals surface area contributed by atoms with E-state index in [0.717, 1.165) is 18.5 Å². The maximum Gasteiger partial charge on any atom is 0.253 e. The van der Waals surface area contributed by atoms with E-state index in [0.29, 0.717) is 19.0 Å². The van der Waals surface area contributed by atoms with Crippen molar-refractivity contribution in [1.82, 2.24) is 4.90 Å². The van der Waals surface area contributed by atoms with Crippen molar-refractivity contribution in [3.63, 3.8) is 0 Å². The highest BCUT2D eigenvalue weighted by Gasteiger charge is 2.24. The first-order chi connectivity index (χ1) is 9.80. The number of rotatable bonds is 7. The SMILES string of the molecule is CCCN(CC(C)(C)CN)C(=O)c1ccc(C(C)C)cc1. The first kappa shape index (κ1) is 17.7. The quantitative estimate of drug-likeness (QED) is 0.833. The zero-order valence-corrected chi connectivity index (χ0v) is 14.1. The molecule has 3 nitrogen and oxygen atoms in total. The van der Waals surface area contributed by atoms with Crippen molar-refractivity contribution in [3.8, 4) is 0 Å². The smallest absolute Gasteiger partial charge is 0.253 e. The van der Waals surface area contributed by atoms with Crippen molar-refractivity contribution < 1.29 is 4.79 Å². The van der Waals surface area contributed by atoms with Crippen molar-refractivity contribution in [2.45, 2.75) is 47.0 Å². The van der Waals surface area contributed by atoms with Crippen LogP contribution < -0.4 is 5.73 Å². The van der Waals surface area contributed by atoms with Crippen LogP contribution in [-0.2, 0) is 0 Å². The fraction of sp³-hybridized carbons (Fsp3) is 0.611.